The van der Waals surface area contributed by atoms with Crippen LogP contribution in [0.3, 0.4) is 0 Å². The number of aryl methyl sites for hydroxylation is 1. The van der Waals surface area contributed by atoms with Crippen molar-refractivity contribution < 1.29 is 4.74 Å². The molecule has 1 saturated carbocycles. The first-order valence-corrected chi connectivity index (χ1v) is 5.12. The molecule has 0 saturated heterocycles. The predicted molar refractivity (Wildman–Crippen MR) is 57.4 cm³/mol. The average Bonchev–Trinajstić information content (AvgIpc) is 3.00. The van der Waals surface area contributed by atoms with Crippen molar-refractivity contribution in [3.63, 3.8) is 0 Å². The summed E-state index contributed by atoms with van der Waals surface area (Å²) in [5, 5.41) is 0. The average molecular weight is 191 g/mol. The molecule has 0 spiro atoms. The molecule has 2 rings (SSSR count). The molecule has 0 amide bonds. The molecule has 1 fully saturated rings. The van der Waals surface area contributed by atoms with Gasteiger partial charge in [0.2, 0.25) is 0 Å². The fourth-order valence-corrected chi connectivity index (χ4v) is 1.82. The lowest BCUT2D eigenvalue weighted by Crippen LogP contribution is -2.13. The van der Waals surface area contributed by atoms with Crippen molar-refractivity contribution in [1.82, 2.24) is 0 Å². The summed E-state index contributed by atoms with van der Waals surface area (Å²) in [6, 6.07) is 6.36. The van der Waals surface area contributed by atoms with Crippen LogP contribution >= 0.6 is 0 Å². The van der Waals surface area contributed by atoms with E-state index in [2.05, 4.69) is 19.1 Å². The van der Waals surface area contributed by atoms with E-state index in [9.17, 15) is 0 Å². The SMILES string of the molecule is COc1ccc(C)cc1C(N)C1CC1. The van der Waals surface area contributed by atoms with Gasteiger partial charge in [-0.2, -0.15) is 0 Å². The van der Waals surface area contributed by atoms with E-state index in [4.69, 9.17) is 10.5 Å². The summed E-state index contributed by atoms with van der Waals surface area (Å²) in [6.07, 6.45) is 2.52. The van der Waals surface area contributed by atoms with E-state index in [1.54, 1.807) is 7.11 Å². The van der Waals surface area contributed by atoms with Gasteiger partial charge in [-0.3, -0.25) is 0 Å². The predicted octanol–water partition coefficient (Wildman–Crippen LogP) is 2.41. The van der Waals surface area contributed by atoms with Crippen LogP contribution in [0.25, 0.3) is 0 Å². The van der Waals surface area contributed by atoms with Gasteiger partial charge in [0.1, 0.15) is 5.75 Å². The van der Waals surface area contributed by atoms with Crippen LogP contribution in [-0.4, -0.2) is 7.11 Å². The van der Waals surface area contributed by atoms with Crippen LogP contribution in [0.4, 0.5) is 0 Å². The summed E-state index contributed by atoms with van der Waals surface area (Å²) in [4.78, 5) is 0. The minimum atomic E-state index is 0.157. The first kappa shape index (κ1) is 9.53. The Morgan fingerprint density at radius 1 is 1.43 bits per heavy atom. The zero-order valence-corrected chi connectivity index (χ0v) is 8.79. The van der Waals surface area contributed by atoms with Crippen LogP contribution < -0.4 is 10.5 Å². The lowest BCUT2D eigenvalue weighted by atomic mass is 10.0. The van der Waals surface area contributed by atoms with Gasteiger partial charge in [0, 0.05) is 11.6 Å². The van der Waals surface area contributed by atoms with E-state index in [0.29, 0.717) is 5.92 Å². The topological polar surface area (TPSA) is 35.2 Å². The highest BCUT2D eigenvalue weighted by Crippen LogP contribution is 2.42. The number of hydrogen-bond donors (Lipinski definition) is 1. The van der Waals surface area contributed by atoms with Crippen molar-refractivity contribution in [3.8, 4) is 5.75 Å². The monoisotopic (exact) mass is 191 g/mol. The normalized spacial score (nSPS) is 17.9. The van der Waals surface area contributed by atoms with E-state index in [1.165, 1.54) is 18.4 Å². The zero-order valence-electron chi connectivity index (χ0n) is 8.79. The molecule has 2 N–H and O–H groups in total. The number of methoxy groups -OCH3 is 1. The number of hydrogen-bond acceptors (Lipinski definition) is 2. The van der Waals surface area contributed by atoms with E-state index in [0.717, 1.165) is 11.3 Å². The number of nitrogens with two attached hydrogens (primary N) is 1. The van der Waals surface area contributed by atoms with Crippen LogP contribution in [0, 0.1) is 12.8 Å². The van der Waals surface area contributed by atoms with Gasteiger partial charge >= 0.3 is 0 Å². The largest absolute Gasteiger partial charge is 0.496 e. The number of rotatable bonds is 3. The lowest BCUT2D eigenvalue weighted by Gasteiger charge is -2.15. The minimum Gasteiger partial charge on any atom is -0.496 e. The van der Waals surface area contributed by atoms with Crippen molar-refractivity contribution in [1.29, 1.82) is 0 Å². The van der Waals surface area contributed by atoms with Crippen LogP contribution in [-0.2, 0) is 0 Å². The van der Waals surface area contributed by atoms with Crippen molar-refractivity contribution in [3.05, 3.63) is 29.3 Å². The fraction of sp³-hybridized carbons (Fsp3) is 0.500. The summed E-state index contributed by atoms with van der Waals surface area (Å²) in [6.45, 7) is 2.09. The van der Waals surface area contributed by atoms with Crippen molar-refractivity contribution in [2.24, 2.45) is 11.7 Å². The Hall–Kier alpha value is -1.02. The van der Waals surface area contributed by atoms with E-state index in [-0.39, 0.29) is 6.04 Å². The highest BCUT2D eigenvalue weighted by molar-refractivity contribution is 5.39. The number of benzene rings is 1. The summed E-state index contributed by atoms with van der Waals surface area (Å²) in [5.41, 5.74) is 8.57. The Kier molecular flexibility index (Phi) is 2.46. The van der Waals surface area contributed by atoms with Gasteiger partial charge < -0.3 is 10.5 Å². The minimum absolute atomic E-state index is 0.157. The molecule has 1 aliphatic rings. The summed E-state index contributed by atoms with van der Waals surface area (Å²) < 4.78 is 5.32. The van der Waals surface area contributed by atoms with Gasteiger partial charge in [-0.05, 0) is 31.7 Å². The summed E-state index contributed by atoms with van der Waals surface area (Å²) in [5.74, 6) is 1.60. The molecule has 1 aliphatic carbocycles. The first-order chi connectivity index (χ1) is 6.72. The Morgan fingerprint density at radius 2 is 2.14 bits per heavy atom. The van der Waals surface area contributed by atoms with Gasteiger partial charge in [-0.1, -0.05) is 17.7 Å². The molecule has 1 atom stereocenters. The molecule has 0 bridgehead atoms. The molecule has 0 radical (unpaired) electrons. The Labute approximate surface area is 85.1 Å². The van der Waals surface area contributed by atoms with E-state index < -0.39 is 0 Å². The Morgan fingerprint density at radius 3 is 2.71 bits per heavy atom. The molecular weight excluding hydrogens is 174 g/mol. The molecule has 1 aromatic carbocycles. The van der Waals surface area contributed by atoms with Gasteiger partial charge in [-0.15, -0.1) is 0 Å². The lowest BCUT2D eigenvalue weighted by molar-refractivity contribution is 0.403. The van der Waals surface area contributed by atoms with E-state index >= 15 is 0 Å². The van der Waals surface area contributed by atoms with Crippen LogP contribution in [0.15, 0.2) is 18.2 Å². The fourth-order valence-electron chi connectivity index (χ4n) is 1.82. The Bertz CT molecular complexity index is 331. The second-order valence-electron chi connectivity index (χ2n) is 4.11. The molecular formula is C12H17NO. The quantitative estimate of drug-likeness (QED) is 0.796. The molecule has 1 unspecified atom stereocenters. The van der Waals surface area contributed by atoms with Crippen LogP contribution in [0.1, 0.15) is 30.0 Å². The maximum absolute atomic E-state index is 6.17. The maximum Gasteiger partial charge on any atom is 0.123 e. The second-order valence-corrected chi connectivity index (χ2v) is 4.11. The summed E-state index contributed by atoms with van der Waals surface area (Å²) in [7, 11) is 1.70. The highest BCUT2D eigenvalue weighted by Gasteiger charge is 2.31. The van der Waals surface area contributed by atoms with Crippen LogP contribution in [0.2, 0.25) is 0 Å². The van der Waals surface area contributed by atoms with E-state index in [1.807, 2.05) is 6.07 Å². The van der Waals surface area contributed by atoms with Crippen LogP contribution in [0.5, 0.6) is 5.75 Å². The first-order valence-electron chi connectivity index (χ1n) is 5.12. The molecule has 2 heteroatoms. The third-order valence-electron chi connectivity index (χ3n) is 2.87. The van der Waals surface area contributed by atoms with Gasteiger partial charge in [-0.25, -0.2) is 0 Å². The van der Waals surface area contributed by atoms with Gasteiger partial charge in [0.05, 0.1) is 7.11 Å². The molecule has 0 heterocycles. The molecule has 0 aromatic heterocycles. The van der Waals surface area contributed by atoms with Crippen molar-refractivity contribution >= 4 is 0 Å². The zero-order chi connectivity index (χ0) is 10.1. The third-order valence-corrected chi connectivity index (χ3v) is 2.87. The highest BCUT2D eigenvalue weighted by atomic mass is 16.5. The third kappa shape index (κ3) is 1.75. The second kappa shape index (κ2) is 3.62. The number of ether oxygens (including phenoxy) is 1. The van der Waals surface area contributed by atoms with Gasteiger partial charge in [0.15, 0.2) is 0 Å². The molecule has 14 heavy (non-hydrogen) atoms. The molecule has 0 aliphatic heterocycles. The molecule has 2 nitrogen and oxygen atoms in total. The van der Waals surface area contributed by atoms with Crippen molar-refractivity contribution in [2.75, 3.05) is 7.11 Å². The smallest absolute Gasteiger partial charge is 0.123 e. The molecule has 76 valence electrons. The maximum atomic E-state index is 6.17. The van der Waals surface area contributed by atoms with Gasteiger partial charge in [0.25, 0.3) is 0 Å². The summed E-state index contributed by atoms with van der Waals surface area (Å²) >= 11 is 0. The standard InChI is InChI=1S/C12H17NO/c1-8-3-6-11(14-2)10(7-8)12(13)9-4-5-9/h3,6-7,9,12H,4-5,13H2,1-2H3. The van der Waals surface area contributed by atoms with Crippen molar-refractivity contribution in [2.45, 2.75) is 25.8 Å². The molecule has 1 aromatic rings. The Balaban J connectivity index is 2.32.